The Bertz CT molecular complexity index is 508. The molecule has 2 rings (SSSR count). The molecule has 1 aliphatic rings. The van der Waals surface area contributed by atoms with E-state index in [1.54, 1.807) is 0 Å². The Balaban J connectivity index is 1.94. The van der Waals surface area contributed by atoms with Gasteiger partial charge in [0.2, 0.25) is 0 Å². The third-order valence-corrected chi connectivity index (χ3v) is 3.16. The van der Waals surface area contributed by atoms with Gasteiger partial charge < -0.3 is 9.47 Å². The second-order valence-corrected chi connectivity index (χ2v) is 4.64. The SMILES string of the molecule is NNC(=O)C1CCC(COc2ccccc2C(F)(F)F)O1. The van der Waals surface area contributed by atoms with Gasteiger partial charge in [0.15, 0.2) is 0 Å². The van der Waals surface area contributed by atoms with Gasteiger partial charge in [-0.05, 0) is 25.0 Å². The molecule has 0 aliphatic carbocycles. The number of nitrogens with one attached hydrogen (secondary N) is 1. The molecule has 21 heavy (non-hydrogen) atoms. The second-order valence-electron chi connectivity index (χ2n) is 4.64. The Morgan fingerprint density at radius 2 is 2.10 bits per heavy atom. The first kappa shape index (κ1) is 15.6. The molecule has 0 aromatic heterocycles. The summed E-state index contributed by atoms with van der Waals surface area (Å²) in [7, 11) is 0. The number of hydrogen-bond acceptors (Lipinski definition) is 4. The van der Waals surface area contributed by atoms with Crippen LogP contribution in [0.25, 0.3) is 0 Å². The van der Waals surface area contributed by atoms with E-state index in [-0.39, 0.29) is 12.4 Å². The van der Waals surface area contributed by atoms with Crippen molar-refractivity contribution in [1.82, 2.24) is 5.43 Å². The third-order valence-electron chi connectivity index (χ3n) is 3.16. The highest BCUT2D eigenvalue weighted by Crippen LogP contribution is 2.36. The van der Waals surface area contributed by atoms with Crippen LogP contribution in [0.4, 0.5) is 13.2 Å². The highest BCUT2D eigenvalue weighted by molar-refractivity contribution is 5.80. The number of hydrazine groups is 1. The smallest absolute Gasteiger partial charge is 0.419 e. The Morgan fingerprint density at radius 3 is 2.76 bits per heavy atom. The summed E-state index contributed by atoms with van der Waals surface area (Å²) in [6, 6.07) is 4.96. The fourth-order valence-electron chi connectivity index (χ4n) is 2.12. The number of alkyl halides is 3. The Kier molecular flexibility index (Phi) is 4.69. The summed E-state index contributed by atoms with van der Waals surface area (Å²) in [6.45, 7) is -0.0541. The number of nitrogens with two attached hydrogens (primary N) is 1. The number of hydrogen-bond donors (Lipinski definition) is 2. The maximum atomic E-state index is 12.8. The van der Waals surface area contributed by atoms with Crippen LogP contribution >= 0.6 is 0 Å². The van der Waals surface area contributed by atoms with Crippen molar-refractivity contribution in [2.45, 2.75) is 31.2 Å². The van der Waals surface area contributed by atoms with Gasteiger partial charge in [0, 0.05) is 0 Å². The Labute approximate surface area is 119 Å². The molecule has 1 saturated heterocycles. The van der Waals surface area contributed by atoms with Crippen molar-refractivity contribution in [3.8, 4) is 5.75 Å². The summed E-state index contributed by atoms with van der Waals surface area (Å²) in [5, 5.41) is 0. The Morgan fingerprint density at radius 1 is 1.38 bits per heavy atom. The van der Waals surface area contributed by atoms with Gasteiger partial charge in [0.25, 0.3) is 5.91 Å². The third kappa shape index (κ3) is 3.85. The van der Waals surface area contributed by atoms with Crippen LogP contribution < -0.4 is 16.0 Å². The zero-order chi connectivity index (χ0) is 15.5. The summed E-state index contributed by atoms with van der Waals surface area (Å²) < 4.78 is 48.9. The fourth-order valence-corrected chi connectivity index (χ4v) is 2.12. The molecule has 1 aromatic rings. The molecule has 0 radical (unpaired) electrons. The zero-order valence-electron chi connectivity index (χ0n) is 11.0. The molecule has 0 saturated carbocycles. The van der Waals surface area contributed by atoms with E-state index in [4.69, 9.17) is 15.3 Å². The number of benzene rings is 1. The van der Waals surface area contributed by atoms with Crippen LogP contribution in [0.5, 0.6) is 5.75 Å². The minimum Gasteiger partial charge on any atom is -0.490 e. The van der Waals surface area contributed by atoms with Gasteiger partial charge in [0.05, 0.1) is 11.7 Å². The molecule has 8 heteroatoms. The van der Waals surface area contributed by atoms with Crippen LogP contribution in [0.2, 0.25) is 0 Å². The van der Waals surface area contributed by atoms with Crippen molar-refractivity contribution in [1.29, 1.82) is 0 Å². The van der Waals surface area contributed by atoms with Gasteiger partial charge in [-0.25, -0.2) is 5.84 Å². The average Bonchev–Trinajstić information content (AvgIpc) is 2.92. The quantitative estimate of drug-likeness (QED) is 0.504. The number of carbonyl (C=O) groups excluding carboxylic acids is 1. The van der Waals surface area contributed by atoms with E-state index in [1.165, 1.54) is 18.2 Å². The van der Waals surface area contributed by atoms with Crippen molar-refractivity contribution in [3.63, 3.8) is 0 Å². The second kappa shape index (κ2) is 6.31. The van der Waals surface area contributed by atoms with Crippen LogP contribution in [-0.2, 0) is 15.7 Å². The van der Waals surface area contributed by atoms with E-state index >= 15 is 0 Å². The molecule has 116 valence electrons. The summed E-state index contributed by atoms with van der Waals surface area (Å²) >= 11 is 0. The number of rotatable bonds is 4. The maximum absolute atomic E-state index is 12.8. The first-order valence-electron chi connectivity index (χ1n) is 6.36. The molecule has 3 N–H and O–H groups in total. The van der Waals surface area contributed by atoms with Crippen LogP contribution in [0.15, 0.2) is 24.3 Å². The van der Waals surface area contributed by atoms with E-state index < -0.39 is 29.9 Å². The van der Waals surface area contributed by atoms with Crippen molar-refractivity contribution in [2.24, 2.45) is 5.84 Å². The molecular formula is C13H15F3N2O3. The first-order chi connectivity index (χ1) is 9.91. The van der Waals surface area contributed by atoms with Crippen LogP contribution in [0.3, 0.4) is 0 Å². The van der Waals surface area contributed by atoms with E-state index in [9.17, 15) is 18.0 Å². The van der Waals surface area contributed by atoms with Crippen LogP contribution in [-0.4, -0.2) is 24.7 Å². The summed E-state index contributed by atoms with van der Waals surface area (Å²) in [5.41, 5.74) is 1.14. The molecule has 0 bridgehead atoms. The molecular weight excluding hydrogens is 289 g/mol. The lowest BCUT2D eigenvalue weighted by atomic mass is 10.2. The molecule has 1 fully saturated rings. The minimum absolute atomic E-state index is 0.0541. The maximum Gasteiger partial charge on any atom is 0.419 e. The average molecular weight is 304 g/mol. The highest BCUT2D eigenvalue weighted by atomic mass is 19.4. The number of carbonyl (C=O) groups is 1. The minimum atomic E-state index is -4.48. The van der Waals surface area contributed by atoms with Crippen LogP contribution in [0, 0.1) is 0 Å². The summed E-state index contributed by atoms with van der Waals surface area (Å²) in [6.07, 6.45) is -4.62. The fraction of sp³-hybridized carbons (Fsp3) is 0.462. The molecule has 2 atom stereocenters. The van der Waals surface area contributed by atoms with Gasteiger partial charge in [-0.1, -0.05) is 12.1 Å². The molecule has 1 amide bonds. The molecule has 1 aromatic carbocycles. The molecule has 1 heterocycles. The molecule has 1 aliphatic heterocycles. The lowest BCUT2D eigenvalue weighted by Gasteiger charge is -2.17. The normalized spacial score (nSPS) is 22.1. The number of halogens is 3. The lowest BCUT2D eigenvalue weighted by molar-refractivity contribution is -0.139. The van der Waals surface area contributed by atoms with Crippen molar-refractivity contribution in [2.75, 3.05) is 6.61 Å². The van der Waals surface area contributed by atoms with Crippen LogP contribution in [0.1, 0.15) is 18.4 Å². The highest BCUT2D eigenvalue weighted by Gasteiger charge is 2.35. The van der Waals surface area contributed by atoms with Crippen molar-refractivity contribution in [3.05, 3.63) is 29.8 Å². The van der Waals surface area contributed by atoms with Crippen molar-refractivity contribution >= 4 is 5.91 Å². The van der Waals surface area contributed by atoms with E-state index in [1.807, 2.05) is 5.43 Å². The number of ether oxygens (including phenoxy) is 2. The first-order valence-corrected chi connectivity index (χ1v) is 6.36. The monoisotopic (exact) mass is 304 g/mol. The largest absolute Gasteiger partial charge is 0.490 e. The molecule has 2 unspecified atom stereocenters. The van der Waals surface area contributed by atoms with E-state index in [2.05, 4.69) is 0 Å². The zero-order valence-corrected chi connectivity index (χ0v) is 11.0. The number of para-hydroxylation sites is 1. The van der Waals surface area contributed by atoms with Gasteiger partial charge in [-0.2, -0.15) is 13.2 Å². The standard InChI is InChI=1S/C13H15F3N2O3/c14-13(15,16)9-3-1-2-4-10(9)20-7-8-5-6-11(21-8)12(19)18-17/h1-4,8,11H,5-7,17H2,(H,18,19). The Hall–Kier alpha value is -1.80. The predicted molar refractivity (Wildman–Crippen MR) is 67.2 cm³/mol. The molecule has 5 nitrogen and oxygen atoms in total. The van der Waals surface area contributed by atoms with Crippen molar-refractivity contribution < 1.29 is 27.4 Å². The number of amides is 1. The predicted octanol–water partition coefficient (Wildman–Crippen LogP) is 1.62. The summed E-state index contributed by atoms with van der Waals surface area (Å²) in [5.74, 6) is 4.29. The van der Waals surface area contributed by atoms with Gasteiger partial charge in [-0.3, -0.25) is 10.2 Å². The summed E-state index contributed by atoms with van der Waals surface area (Å²) in [4.78, 5) is 11.3. The van der Waals surface area contributed by atoms with E-state index in [0.29, 0.717) is 12.8 Å². The van der Waals surface area contributed by atoms with Gasteiger partial charge in [-0.15, -0.1) is 0 Å². The van der Waals surface area contributed by atoms with E-state index in [0.717, 1.165) is 6.07 Å². The van der Waals surface area contributed by atoms with Gasteiger partial charge >= 0.3 is 6.18 Å². The topological polar surface area (TPSA) is 73.6 Å². The van der Waals surface area contributed by atoms with Gasteiger partial charge in [0.1, 0.15) is 18.5 Å². The lowest BCUT2D eigenvalue weighted by Crippen LogP contribution is -2.39. The molecule has 0 spiro atoms.